The van der Waals surface area contributed by atoms with E-state index in [4.69, 9.17) is 10.6 Å². The van der Waals surface area contributed by atoms with Crippen LogP contribution >= 0.6 is 0 Å². The minimum atomic E-state index is 0.834. The summed E-state index contributed by atoms with van der Waals surface area (Å²) in [6.45, 7) is 0. The summed E-state index contributed by atoms with van der Waals surface area (Å²) in [6.07, 6.45) is 0. The number of hydrogen-bond donors (Lipinski definition) is 2. The monoisotopic (exact) mass is 188 g/mol. The van der Waals surface area contributed by atoms with Crippen LogP contribution in [0.25, 0.3) is 10.8 Å². The van der Waals surface area contributed by atoms with Gasteiger partial charge in [0.2, 0.25) is 0 Å². The number of benzene rings is 2. The van der Waals surface area contributed by atoms with Gasteiger partial charge in [-0.15, -0.1) is 0 Å². The Morgan fingerprint density at radius 2 is 2.07 bits per heavy atom. The maximum absolute atomic E-state index is 5.42. The lowest BCUT2D eigenvalue weighted by molar-refractivity contribution is 0.415. The second-order valence-electron chi connectivity index (χ2n) is 3.04. The van der Waals surface area contributed by atoms with Gasteiger partial charge >= 0.3 is 0 Å². The van der Waals surface area contributed by atoms with Gasteiger partial charge in [-0.05, 0) is 23.6 Å². The molecule has 2 aromatic carbocycles. The van der Waals surface area contributed by atoms with Crippen molar-refractivity contribution in [3.05, 3.63) is 36.4 Å². The lowest BCUT2D eigenvalue weighted by Crippen LogP contribution is -2.06. The average molecular weight is 188 g/mol. The van der Waals surface area contributed by atoms with Gasteiger partial charge < -0.3 is 10.2 Å². The summed E-state index contributed by atoms with van der Waals surface area (Å²) in [4.78, 5) is 0. The fraction of sp³-hybridized carbons (Fsp3) is 0.0909. The molecule has 0 saturated carbocycles. The molecule has 72 valence electrons. The number of nitrogen functional groups attached to an aromatic ring is 1. The number of hydrogen-bond acceptors (Lipinski definition) is 3. The Bertz CT molecular complexity index is 454. The summed E-state index contributed by atoms with van der Waals surface area (Å²) in [7, 11) is 1.65. The van der Waals surface area contributed by atoms with E-state index in [0.29, 0.717) is 0 Å². The second-order valence-corrected chi connectivity index (χ2v) is 3.04. The molecule has 0 spiro atoms. The molecule has 0 aromatic heterocycles. The minimum absolute atomic E-state index is 0.834. The predicted molar refractivity (Wildman–Crippen MR) is 58.3 cm³/mol. The number of anilines is 1. The third-order valence-corrected chi connectivity index (χ3v) is 2.24. The van der Waals surface area contributed by atoms with Crippen molar-refractivity contribution in [1.82, 2.24) is 0 Å². The van der Waals surface area contributed by atoms with Gasteiger partial charge in [0.15, 0.2) is 0 Å². The van der Waals surface area contributed by atoms with Gasteiger partial charge in [-0.1, -0.05) is 18.2 Å². The standard InChI is InChI=1S/C11H12N2O/c1-14-9-6-5-8-3-2-4-11(13-12)10(8)7-9/h2-7,13H,12H2,1H3. The number of hydrazine groups is 1. The third-order valence-electron chi connectivity index (χ3n) is 2.24. The molecule has 2 aromatic rings. The summed E-state index contributed by atoms with van der Waals surface area (Å²) >= 11 is 0. The Kier molecular flexibility index (Phi) is 2.24. The topological polar surface area (TPSA) is 47.3 Å². The van der Waals surface area contributed by atoms with Gasteiger partial charge in [0.05, 0.1) is 12.8 Å². The summed E-state index contributed by atoms with van der Waals surface area (Å²) in [5.74, 6) is 6.25. The lowest BCUT2D eigenvalue weighted by atomic mass is 10.1. The summed E-state index contributed by atoms with van der Waals surface area (Å²) in [5.41, 5.74) is 3.57. The first kappa shape index (κ1) is 8.84. The van der Waals surface area contributed by atoms with Crippen LogP contribution in [-0.4, -0.2) is 7.11 Å². The Hall–Kier alpha value is -1.74. The number of ether oxygens (including phenoxy) is 1. The summed E-state index contributed by atoms with van der Waals surface area (Å²) in [6, 6.07) is 11.8. The lowest BCUT2D eigenvalue weighted by Gasteiger charge is -2.07. The zero-order chi connectivity index (χ0) is 9.97. The smallest absolute Gasteiger partial charge is 0.119 e. The molecule has 0 unspecified atom stereocenters. The molecule has 3 N–H and O–H groups in total. The number of nitrogens with two attached hydrogens (primary N) is 1. The van der Waals surface area contributed by atoms with Crippen molar-refractivity contribution < 1.29 is 4.74 Å². The molecule has 0 heterocycles. The fourth-order valence-corrected chi connectivity index (χ4v) is 1.50. The van der Waals surface area contributed by atoms with Crippen LogP contribution in [-0.2, 0) is 0 Å². The fourth-order valence-electron chi connectivity index (χ4n) is 1.50. The molecule has 0 amide bonds. The van der Waals surface area contributed by atoms with E-state index in [1.165, 1.54) is 0 Å². The number of methoxy groups -OCH3 is 1. The Morgan fingerprint density at radius 3 is 2.79 bits per heavy atom. The van der Waals surface area contributed by atoms with E-state index < -0.39 is 0 Å². The minimum Gasteiger partial charge on any atom is -0.497 e. The highest BCUT2D eigenvalue weighted by Crippen LogP contribution is 2.26. The van der Waals surface area contributed by atoms with E-state index in [2.05, 4.69) is 5.43 Å². The summed E-state index contributed by atoms with van der Waals surface area (Å²) in [5, 5.41) is 2.20. The Labute approximate surface area is 82.5 Å². The van der Waals surface area contributed by atoms with Gasteiger partial charge in [0, 0.05) is 5.39 Å². The largest absolute Gasteiger partial charge is 0.497 e. The number of fused-ring (bicyclic) bond motifs is 1. The SMILES string of the molecule is COc1ccc2cccc(NN)c2c1. The van der Waals surface area contributed by atoms with Gasteiger partial charge in [-0.25, -0.2) is 0 Å². The molecule has 0 aliphatic carbocycles. The van der Waals surface area contributed by atoms with Crippen LogP contribution in [0.15, 0.2) is 36.4 Å². The van der Waals surface area contributed by atoms with Gasteiger partial charge in [0.1, 0.15) is 5.75 Å². The second kappa shape index (κ2) is 3.55. The molecule has 2 rings (SSSR count). The number of rotatable bonds is 2. The van der Waals surface area contributed by atoms with E-state index in [0.717, 1.165) is 22.2 Å². The highest BCUT2D eigenvalue weighted by molar-refractivity contribution is 5.94. The van der Waals surface area contributed by atoms with Crippen LogP contribution < -0.4 is 16.0 Å². The van der Waals surface area contributed by atoms with Crippen LogP contribution in [0.1, 0.15) is 0 Å². The Morgan fingerprint density at radius 1 is 1.21 bits per heavy atom. The van der Waals surface area contributed by atoms with Crippen molar-refractivity contribution in [2.75, 3.05) is 12.5 Å². The zero-order valence-electron chi connectivity index (χ0n) is 7.95. The molecule has 14 heavy (non-hydrogen) atoms. The van der Waals surface area contributed by atoms with E-state index in [9.17, 15) is 0 Å². The number of nitrogens with one attached hydrogen (secondary N) is 1. The first-order valence-corrected chi connectivity index (χ1v) is 4.38. The highest BCUT2D eigenvalue weighted by atomic mass is 16.5. The van der Waals surface area contributed by atoms with Crippen molar-refractivity contribution in [3.63, 3.8) is 0 Å². The molecule has 0 fully saturated rings. The Balaban J connectivity index is 2.70. The molecular formula is C11H12N2O. The molecule has 0 atom stereocenters. The van der Waals surface area contributed by atoms with Crippen molar-refractivity contribution in [2.45, 2.75) is 0 Å². The highest BCUT2D eigenvalue weighted by Gasteiger charge is 2.00. The molecule has 0 radical (unpaired) electrons. The van der Waals surface area contributed by atoms with E-state index in [-0.39, 0.29) is 0 Å². The molecule has 3 heteroatoms. The first-order valence-electron chi connectivity index (χ1n) is 4.38. The van der Waals surface area contributed by atoms with Crippen molar-refractivity contribution in [2.24, 2.45) is 5.84 Å². The normalized spacial score (nSPS) is 10.1. The van der Waals surface area contributed by atoms with Gasteiger partial charge in [0.25, 0.3) is 0 Å². The van der Waals surface area contributed by atoms with Crippen molar-refractivity contribution in [3.8, 4) is 5.75 Å². The molecule has 0 aliphatic rings. The maximum Gasteiger partial charge on any atom is 0.119 e. The van der Waals surface area contributed by atoms with E-state index >= 15 is 0 Å². The van der Waals surface area contributed by atoms with Crippen molar-refractivity contribution in [1.29, 1.82) is 0 Å². The van der Waals surface area contributed by atoms with Crippen LogP contribution in [0.5, 0.6) is 5.75 Å². The van der Waals surface area contributed by atoms with Crippen LogP contribution in [0.2, 0.25) is 0 Å². The van der Waals surface area contributed by atoms with Crippen LogP contribution in [0.3, 0.4) is 0 Å². The third kappa shape index (κ3) is 1.38. The van der Waals surface area contributed by atoms with Crippen molar-refractivity contribution >= 4 is 16.5 Å². The van der Waals surface area contributed by atoms with Gasteiger partial charge in [-0.3, -0.25) is 5.84 Å². The van der Waals surface area contributed by atoms with E-state index in [1.807, 2.05) is 36.4 Å². The van der Waals surface area contributed by atoms with E-state index in [1.54, 1.807) is 7.11 Å². The zero-order valence-corrected chi connectivity index (χ0v) is 7.95. The molecular weight excluding hydrogens is 176 g/mol. The average Bonchev–Trinajstić information content (AvgIpc) is 2.27. The predicted octanol–water partition coefficient (Wildman–Crippen LogP) is 2.13. The molecule has 0 aliphatic heterocycles. The summed E-state index contributed by atoms with van der Waals surface area (Å²) < 4.78 is 5.15. The van der Waals surface area contributed by atoms with Gasteiger partial charge in [-0.2, -0.15) is 0 Å². The molecule has 0 saturated heterocycles. The molecule has 3 nitrogen and oxygen atoms in total. The molecule has 0 bridgehead atoms. The maximum atomic E-state index is 5.42. The van der Waals surface area contributed by atoms with Crippen LogP contribution in [0.4, 0.5) is 5.69 Å². The first-order chi connectivity index (χ1) is 6.85. The quantitative estimate of drug-likeness (QED) is 0.560. The van der Waals surface area contributed by atoms with Crippen LogP contribution in [0, 0.1) is 0 Å².